The summed E-state index contributed by atoms with van der Waals surface area (Å²) < 4.78 is 113. The summed E-state index contributed by atoms with van der Waals surface area (Å²) in [6.07, 6.45) is -9.38. The normalized spacial score (nSPS) is 13.3. The monoisotopic (exact) mass is 684 g/mol. The lowest BCUT2D eigenvalue weighted by atomic mass is 9.93. The number of nitrogens with one attached hydrogen (secondary N) is 1. The first-order valence-corrected chi connectivity index (χ1v) is 14.2. The van der Waals surface area contributed by atoms with E-state index < -0.39 is 88.7 Å². The van der Waals surface area contributed by atoms with E-state index in [0.717, 1.165) is 23.7 Å². The van der Waals surface area contributed by atoms with Crippen LogP contribution >= 0.6 is 0 Å². The minimum atomic E-state index is -4.92. The van der Waals surface area contributed by atoms with Crippen molar-refractivity contribution in [3.05, 3.63) is 93.0 Å². The van der Waals surface area contributed by atoms with Gasteiger partial charge in [-0.05, 0) is 43.2 Å². The lowest BCUT2D eigenvalue weighted by molar-refractivity contribution is -0.148. The average molecular weight is 685 g/mol. The van der Waals surface area contributed by atoms with Gasteiger partial charge in [0.05, 0.1) is 16.6 Å². The maximum Gasteiger partial charge on any atom is 0.417 e. The van der Waals surface area contributed by atoms with Crippen LogP contribution in [0.5, 0.6) is 0 Å². The Bertz CT molecular complexity index is 1930. The number of aryl methyl sites for hydroxylation is 1. The molecule has 2 aromatic carbocycles. The Hall–Kier alpha value is -5.02. The number of pyridine rings is 2. The van der Waals surface area contributed by atoms with Crippen LogP contribution in [0.4, 0.5) is 40.8 Å². The van der Waals surface area contributed by atoms with Gasteiger partial charge in [-0.25, -0.2) is 13.6 Å². The van der Waals surface area contributed by atoms with E-state index in [1.165, 1.54) is 45.3 Å². The van der Waals surface area contributed by atoms with Crippen LogP contribution in [0.2, 0.25) is 0 Å². The molecule has 4 rings (SSSR count). The number of carboxylic acids is 1. The number of anilines is 1. The lowest BCUT2D eigenvalue weighted by Gasteiger charge is -2.31. The van der Waals surface area contributed by atoms with E-state index >= 15 is 8.78 Å². The van der Waals surface area contributed by atoms with E-state index in [0.29, 0.717) is 17.0 Å². The summed E-state index contributed by atoms with van der Waals surface area (Å²) in [5, 5.41) is 12.0. The molecule has 0 aliphatic heterocycles. The summed E-state index contributed by atoms with van der Waals surface area (Å²) in [4.78, 5) is 43.0. The smallest absolute Gasteiger partial charge is 0.417 e. The molecule has 8 nitrogen and oxygen atoms in total. The fourth-order valence-corrected chi connectivity index (χ4v) is 5.45. The van der Waals surface area contributed by atoms with Crippen molar-refractivity contribution >= 4 is 28.5 Å². The van der Waals surface area contributed by atoms with Gasteiger partial charge in [-0.1, -0.05) is 25.1 Å². The van der Waals surface area contributed by atoms with E-state index in [1.807, 2.05) is 5.32 Å². The number of aromatic nitrogens is 2. The summed E-state index contributed by atoms with van der Waals surface area (Å²) in [6, 6.07) is 3.15. The Morgan fingerprint density at radius 2 is 1.67 bits per heavy atom. The Balaban J connectivity index is 1.72. The molecule has 2 N–H and O–H groups in total. The zero-order valence-corrected chi connectivity index (χ0v) is 25.7. The van der Waals surface area contributed by atoms with Crippen LogP contribution in [0.15, 0.2) is 53.5 Å². The second-order valence-electron chi connectivity index (χ2n) is 11.0. The molecule has 0 radical (unpaired) electrons. The second-order valence-corrected chi connectivity index (χ2v) is 11.0. The van der Waals surface area contributed by atoms with Gasteiger partial charge in [0.1, 0.15) is 29.3 Å². The molecule has 2 atom stereocenters. The van der Waals surface area contributed by atoms with Gasteiger partial charge in [0, 0.05) is 49.0 Å². The van der Waals surface area contributed by atoms with E-state index in [1.54, 1.807) is 0 Å². The fourth-order valence-electron chi connectivity index (χ4n) is 5.45. The molecule has 2 unspecified atom stereocenters. The third-order valence-electron chi connectivity index (χ3n) is 8.03. The number of nitrogens with zero attached hydrogens (tertiary/aromatic N) is 3. The Labute approximate surface area is 267 Å². The number of alkyl halides is 6. The summed E-state index contributed by atoms with van der Waals surface area (Å²) in [6.45, 7) is 2.56. The molecule has 0 aliphatic carbocycles. The quantitative estimate of drug-likeness (QED) is 0.198. The van der Waals surface area contributed by atoms with Crippen LogP contribution in [0.3, 0.4) is 0 Å². The second kappa shape index (κ2) is 13.2. The van der Waals surface area contributed by atoms with Crippen molar-refractivity contribution in [1.82, 2.24) is 14.9 Å². The number of fused-ring (bicyclic) bond motifs is 1. The highest BCUT2D eigenvalue weighted by molar-refractivity contribution is 5.99. The summed E-state index contributed by atoms with van der Waals surface area (Å²) in [5.41, 5.74) is -4.69. The fraction of sp³-hybridized carbons (Fsp3) is 0.312. The topological polar surface area (TPSA) is 105 Å². The first-order valence-electron chi connectivity index (χ1n) is 14.2. The summed E-state index contributed by atoms with van der Waals surface area (Å²) >= 11 is 0. The molecular formula is C32H28F8N4O4. The third-order valence-corrected chi connectivity index (χ3v) is 8.03. The Morgan fingerprint density at radius 1 is 1.04 bits per heavy atom. The van der Waals surface area contributed by atoms with Crippen LogP contribution in [0, 0.1) is 18.6 Å². The van der Waals surface area contributed by atoms with Gasteiger partial charge in [-0.3, -0.25) is 14.6 Å². The van der Waals surface area contributed by atoms with Crippen molar-refractivity contribution in [2.45, 2.75) is 51.1 Å². The molecule has 16 heteroatoms. The Kier molecular flexibility index (Phi) is 9.88. The van der Waals surface area contributed by atoms with Gasteiger partial charge in [-0.15, -0.1) is 0 Å². The summed E-state index contributed by atoms with van der Waals surface area (Å²) in [7, 11) is 2.27. The van der Waals surface area contributed by atoms with Crippen molar-refractivity contribution in [2.24, 2.45) is 7.05 Å². The van der Waals surface area contributed by atoms with Crippen molar-refractivity contribution in [3.63, 3.8) is 0 Å². The number of carbonyl (C=O) groups is 2. The minimum absolute atomic E-state index is 0.0472. The van der Waals surface area contributed by atoms with Gasteiger partial charge >= 0.3 is 18.3 Å². The average Bonchev–Trinajstić information content (AvgIpc) is 2.98. The maximum absolute atomic E-state index is 15.0. The van der Waals surface area contributed by atoms with Crippen molar-refractivity contribution in [1.29, 1.82) is 0 Å². The molecule has 1 amide bonds. The minimum Gasteiger partial charge on any atom is -0.480 e. The molecule has 0 fully saturated rings. The number of hydrogen-bond acceptors (Lipinski definition) is 5. The van der Waals surface area contributed by atoms with Gasteiger partial charge < -0.3 is 19.9 Å². The van der Waals surface area contributed by atoms with Gasteiger partial charge in [0.15, 0.2) is 0 Å². The van der Waals surface area contributed by atoms with Crippen molar-refractivity contribution in [2.75, 3.05) is 11.9 Å². The zero-order chi connectivity index (χ0) is 35.9. The van der Waals surface area contributed by atoms with Crippen molar-refractivity contribution in [3.8, 4) is 11.1 Å². The summed E-state index contributed by atoms with van der Waals surface area (Å²) in [5.74, 6) is -6.26. The van der Waals surface area contributed by atoms with Gasteiger partial charge in [-0.2, -0.15) is 26.3 Å². The Morgan fingerprint density at radius 3 is 2.21 bits per heavy atom. The molecule has 0 aliphatic rings. The van der Waals surface area contributed by atoms with E-state index in [-0.39, 0.29) is 27.7 Å². The highest BCUT2D eigenvalue weighted by atomic mass is 19.4. The molecule has 0 bridgehead atoms. The number of carboxylic acid groups (broad SMARTS) is 1. The van der Waals surface area contributed by atoms with Crippen LogP contribution in [0.1, 0.15) is 40.5 Å². The largest absolute Gasteiger partial charge is 0.480 e. The first-order chi connectivity index (χ1) is 22.3. The van der Waals surface area contributed by atoms with Gasteiger partial charge in [0.2, 0.25) is 0 Å². The zero-order valence-electron chi connectivity index (χ0n) is 25.7. The number of halogens is 8. The third kappa shape index (κ3) is 6.96. The van der Waals surface area contributed by atoms with Gasteiger partial charge in [0.25, 0.3) is 11.5 Å². The highest BCUT2D eigenvalue weighted by Crippen LogP contribution is 2.38. The standard InChI is InChI=1S/C32H28F8N4O4/c1-5-24(32(38,39)40)44(4)17-13-21(33)26(22(34)14-17)28(45)42-23(30(47)48)12-16-8-9-19(27-18(16)7-6-10-41-27)25-20(31(35,36)37)11-15(2)43(3)29(25)46/h6-11,13-14,23-24H,5,12H2,1-4H3,(H,42,45)(H,47,48). The lowest BCUT2D eigenvalue weighted by Crippen LogP contribution is -2.44. The van der Waals surface area contributed by atoms with Crippen LogP contribution in [0.25, 0.3) is 22.0 Å². The van der Waals surface area contributed by atoms with E-state index in [9.17, 15) is 45.8 Å². The maximum atomic E-state index is 15.0. The number of hydrogen-bond donors (Lipinski definition) is 2. The molecule has 0 saturated carbocycles. The molecule has 0 saturated heterocycles. The predicted molar refractivity (Wildman–Crippen MR) is 160 cm³/mol. The highest BCUT2D eigenvalue weighted by Gasteiger charge is 2.42. The van der Waals surface area contributed by atoms with E-state index in [4.69, 9.17) is 0 Å². The SMILES string of the molecule is CCC(N(C)c1cc(F)c(C(=O)NC(Cc2ccc(-c3c(C(F)(F)F)cc(C)n(C)c3=O)c3ncccc23)C(=O)O)c(F)c1)C(F)(F)F. The number of amides is 1. The molecule has 4 aromatic rings. The molecule has 256 valence electrons. The molecule has 2 aromatic heterocycles. The number of aliphatic carboxylic acids is 1. The van der Waals surface area contributed by atoms with Crippen LogP contribution < -0.4 is 15.8 Å². The predicted octanol–water partition coefficient (Wildman–Crippen LogP) is 6.41. The van der Waals surface area contributed by atoms with Crippen LogP contribution in [-0.2, 0) is 24.4 Å². The van der Waals surface area contributed by atoms with Crippen LogP contribution in [-0.4, -0.2) is 51.8 Å². The number of rotatable bonds is 9. The number of benzene rings is 2. The number of carbonyl (C=O) groups excluding carboxylic acids is 1. The molecular weight excluding hydrogens is 656 g/mol. The molecule has 2 heterocycles. The van der Waals surface area contributed by atoms with E-state index in [2.05, 4.69) is 4.98 Å². The first kappa shape index (κ1) is 35.8. The van der Waals surface area contributed by atoms with Crippen molar-refractivity contribution < 1.29 is 49.8 Å². The molecule has 0 spiro atoms. The molecule has 48 heavy (non-hydrogen) atoms.